The maximum atomic E-state index is 10.7. The molecular formula is C11H24O5. The van der Waals surface area contributed by atoms with E-state index in [0.29, 0.717) is 6.61 Å². The van der Waals surface area contributed by atoms with Crippen LogP contribution in [0.4, 0.5) is 4.79 Å². The average Bonchev–Trinajstić information content (AvgIpc) is 2.28. The molecule has 0 heterocycles. The van der Waals surface area contributed by atoms with Crippen molar-refractivity contribution in [2.24, 2.45) is 0 Å². The first-order valence-corrected chi connectivity index (χ1v) is 5.66. The Bertz CT molecular complexity index is 160. The molecule has 0 bridgehead atoms. The van der Waals surface area contributed by atoms with Crippen LogP contribution in [0.2, 0.25) is 0 Å². The molecule has 0 spiro atoms. The standard InChI is InChI=1S/C9H18O5.C2H6/c1-4-7(2)12-5-8(3)14-9(11)13-6-10;1-2/h7-8,10H,4-6H2,1-3H3;1-2H3. The van der Waals surface area contributed by atoms with E-state index >= 15 is 0 Å². The second kappa shape index (κ2) is 12.3. The molecule has 2 atom stereocenters. The lowest BCUT2D eigenvalue weighted by molar-refractivity contribution is -0.0496. The molecule has 0 radical (unpaired) electrons. The predicted octanol–water partition coefficient (Wildman–Crippen LogP) is 2.32. The molecule has 0 aromatic heterocycles. The molecule has 0 fully saturated rings. The fourth-order valence-electron chi connectivity index (χ4n) is 0.703. The van der Waals surface area contributed by atoms with Crippen molar-refractivity contribution >= 4 is 6.16 Å². The lowest BCUT2D eigenvalue weighted by atomic mass is 10.3. The second-order valence-corrected chi connectivity index (χ2v) is 3.00. The molecule has 5 heteroatoms. The highest BCUT2D eigenvalue weighted by Crippen LogP contribution is 2.00. The van der Waals surface area contributed by atoms with Crippen LogP contribution in [0.1, 0.15) is 41.0 Å². The van der Waals surface area contributed by atoms with Crippen LogP contribution in [0, 0.1) is 0 Å². The fourth-order valence-corrected chi connectivity index (χ4v) is 0.703. The Kier molecular flexibility index (Phi) is 13.5. The van der Waals surface area contributed by atoms with Crippen molar-refractivity contribution in [3.8, 4) is 0 Å². The number of hydrogen-bond donors (Lipinski definition) is 1. The van der Waals surface area contributed by atoms with Crippen LogP contribution in [-0.4, -0.2) is 36.9 Å². The van der Waals surface area contributed by atoms with Gasteiger partial charge in [-0.1, -0.05) is 20.8 Å². The molecular weight excluding hydrogens is 212 g/mol. The van der Waals surface area contributed by atoms with Crippen LogP contribution in [0.15, 0.2) is 0 Å². The van der Waals surface area contributed by atoms with Crippen molar-refractivity contribution < 1.29 is 24.1 Å². The van der Waals surface area contributed by atoms with Crippen LogP contribution < -0.4 is 0 Å². The van der Waals surface area contributed by atoms with E-state index in [-0.39, 0.29) is 12.2 Å². The first kappa shape index (κ1) is 17.6. The zero-order valence-electron chi connectivity index (χ0n) is 10.9. The smallest absolute Gasteiger partial charge is 0.429 e. The Hall–Kier alpha value is -0.810. The van der Waals surface area contributed by atoms with Crippen molar-refractivity contribution in [1.29, 1.82) is 0 Å². The van der Waals surface area contributed by atoms with Gasteiger partial charge in [0.1, 0.15) is 6.10 Å². The van der Waals surface area contributed by atoms with E-state index in [1.54, 1.807) is 6.92 Å². The van der Waals surface area contributed by atoms with Crippen molar-refractivity contribution in [3.05, 3.63) is 0 Å². The minimum Gasteiger partial charge on any atom is -0.429 e. The SMILES string of the molecule is CC.CCC(C)OCC(C)OC(=O)OCO. The van der Waals surface area contributed by atoms with Crippen LogP contribution >= 0.6 is 0 Å². The predicted molar refractivity (Wildman–Crippen MR) is 61.2 cm³/mol. The van der Waals surface area contributed by atoms with E-state index in [9.17, 15) is 4.79 Å². The number of carbonyl (C=O) groups excluding carboxylic acids is 1. The van der Waals surface area contributed by atoms with Gasteiger partial charge in [0, 0.05) is 0 Å². The summed E-state index contributed by atoms with van der Waals surface area (Å²) in [7, 11) is 0. The van der Waals surface area contributed by atoms with Gasteiger partial charge in [0.25, 0.3) is 0 Å². The largest absolute Gasteiger partial charge is 0.510 e. The summed E-state index contributed by atoms with van der Waals surface area (Å²) in [6.07, 6.45) is -0.195. The van der Waals surface area contributed by atoms with E-state index in [0.717, 1.165) is 6.42 Å². The van der Waals surface area contributed by atoms with Crippen LogP contribution in [0.25, 0.3) is 0 Å². The molecule has 0 aromatic rings. The monoisotopic (exact) mass is 236 g/mol. The van der Waals surface area contributed by atoms with Gasteiger partial charge in [-0.25, -0.2) is 4.79 Å². The second-order valence-electron chi connectivity index (χ2n) is 3.00. The van der Waals surface area contributed by atoms with Crippen molar-refractivity contribution in [2.45, 2.75) is 53.2 Å². The van der Waals surface area contributed by atoms with E-state index < -0.39 is 12.9 Å². The molecule has 2 unspecified atom stereocenters. The van der Waals surface area contributed by atoms with Crippen molar-refractivity contribution in [2.75, 3.05) is 13.4 Å². The van der Waals surface area contributed by atoms with Gasteiger partial charge in [-0.05, 0) is 20.3 Å². The molecule has 0 saturated heterocycles. The van der Waals surface area contributed by atoms with Gasteiger partial charge in [-0.2, -0.15) is 0 Å². The lowest BCUT2D eigenvalue weighted by Gasteiger charge is -2.15. The minimum atomic E-state index is -0.882. The highest BCUT2D eigenvalue weighted by Gasteiger charge is 2.11. The number of ether oxygens (including phenoxy) is 3. The number of rotatable bonds is 6. The van der Waals surface area contributed by atoms with Crippen molar-refractivity contribution in [3.63, 3.8) is 0 Å². The highest BCUT2D eigenvalue weighted by molar-refractivity contribution is 5.59. The van der Waals surface area contributed by atoms with Gasteiger partial charge in [0.2, 0.25) is 0 Å². The number of aliphatic hydroxyl groups is 1. The molecule has 98 valence electrons. The Morgan fingerprint density at radius 1 is 1.25 bits per heavy atom. The summed E-state index contributed by atoms with van der Waals surface area (Å²) < 4.78 is 14.3. The molecule has 0 aromatic carbocycles. The Morgan fingerprint density at radius 2 is 1.81 bits per heavy atom. The van der Waals surface area contributed by atoms with Gasteiger partial charge in [0.15, 0.2) is 6.79 Å². The molecule has 5 nitrogen and oxygen atoms in total. The van der Waals surface area contributed by atoms with E-state index in [1.807, 2.05) is 27.7 Å². The third kappa shape index (κ3) is 11.3. The summed E-state index contributed by atoms with van der Waals surface area (Å²) in [6.45, 7) is 9.31. The molecule has 0 aliphatic heterocycles. The van der Waals surface area contributed by atoms with E-state index in [1.165, 1.54) is 0 Å². The maximum Gasteiger partial charge on any atom is 0.510 e. The maximum absolute atomic E-state index is 10.7. The number of aliphatic hydroxyl groups excluding tert-OH is 1. The first-order chi connectivity index (χ1) is 7.60. The quantitative estimate of drug-likeness (QED) is 0.566. The third-order valence-electron chi connectivity index (χ3n) is 1.67. The first-order valence-electron chi connectivity index (χ1n) is 5.66. The molecule has 16 heavy (non-hydrogen) atoms. The molecule has 0 aliphatic carbocycles. The molecule has 0 saturated carbocycles. The summed E-state index contributed by atoms with van der Waals surface area (Å²) in [6, 6.07) is 0. The summed E-state index contributed by atoms with van der Waals surface area (Å²) in [4.78, 5) is 10.7. The van der Waals surface area contributed by atoms with Gasteiger partial charge < -0.3 is 19.3 Å². The molecule has 1 N–H and O–H groups in total. The van der Waals surface area contributed by atoms with Crippen LogP contribution in [0.3, 0.4) is 0 Å². The number of carbonyl (C=O) groups is 1. The summed E-state index contributed by atoms with van der Waals surface area (Å²) >= 11 is 0. The normalized spacial score (nSPS) is 13.1. The van der Waals surface area contributed by atoms with Crippen molar-refractivity contribution in [1.82, 2.24) is 0 Å². The average molecular weight is 236 g/mol. The van der Waals surface area contributed by atoms with Crippen LogP contribution in [-0.2, 0) is 14.2 Å². The van der Waals surface area contributed by atoms with E-state index in [2.05, 4.69) is 4.74 Å². The molecule has 0 amide bonds. The topological polar surface area (TPSA) is 65.0 Å². The third-order valence-corrected chi connectivity index (χ3v) is 1.67. The zero-order valence-corrected chi connectivity index (χ0v) is 10.9. The Balaban J connectivity index is 0. The van der Waals surface area contributed by atoms with Crippen LogP contribution in [0.5, 0.6) is 0 Å². The summed E-state index contributed by atoms with van der Waals surface area (Å²) in [5.41, 5.74) is 0. The van der Waals surface area contributed by atoms with E-state index in [4.69, 9.17) is 14.6 Å². The Labute approximate surface area is 97.7 Å². The van der Waals surface area contributed by atoms with Gasteiger partial charge >= 0.3 is 6.16 Å². The highest BCUT2D eigenvalue weighted by atomic mass is 16.8. The zero-order chi connectivity index (χ0) is 13.0. The van der Waals surface area contributed by atoms with Gasteiger partial charge in [0.05, 0.1) is 12.7 Å². The van der Waals surface area contributed by atoms with Gasteiger partial charge in [-0.3, -0.25) is 0 Å². The number of hydrogen-bond acceptors (Lipinski definition) is 5. The fraction of sp³-hybridized carbons (Fsp3) is 0.909. The molecule has 0 aliphatic rings. The summed E-state index contributed by atoms with van der Waals surface area (Å²) in [5.74, 6) is 0. The minimum absolute atomic E-state index is 0.148. The summed E-state index contributed by atoms with van der Waals surface area (Å²) in [5, 5.41) is 8.25. The van der Waals surface area contributed by atoms with Gasteiger partial charge in [-0.15, -0.1) is 0 Å². The molecule has 0 rings (SSSR count). The Morgan fingerprint density at radius 3 is 2.25 bits per heavy atom. The lowest BCUT2D eigenvalue weighted by Crippen LogP contribution is -2.23.